The van der Waals surface area contributed by atoms with Crippen LogP contribution >= 0.6 is 11.6 Å². The van der Waals surface area contributed by atoms with E-state index < -0.39 is 17.8 Å². The molecule has 0 saturated carbocycles. The number of aromatic nitrogens is 1. The molecule has 2 N–H and O–H groups in total. The lowest BCUT2D eigenvalue weighted by Crippen LogP contribution is -2.26. The number of nitrogens with zero attached hydrogens (tertiary/aromatic N) is 1. The number of ether oxygens (including phenoxy) is 1. The fourth-order valence-corrected chi connectivity index (χ4v) is 3.83. The number of carbonyl (C=O) groups is 3. The van der Waals surface area contributed by atoms with Crippen molar-refractivity contribution in [2.75, 3.05) is 12.4 Å². The van der Waals surface area contributed by atoms with E-state index in [2.05, 4.69) is 15.6 Å². The SMILES string of the molecule is CNC(=O)C(CCC=O)c1cc2c(F)cc(COC(=O)Nc3ccc(C)c(Cl)c3)cc2nc1C. The summed E-state index contributed by atoms with van der Waals surface area (Å²) < 4.78 is 20.2. The van der Waals surface area contributed by atoms with Gasteiger partial charge in [0.1, 0.15) is 18.7 Å². The van der Waals surface area contributed by atoms with E-state index in [1.54, 1.807) is 37.3 Å². The van der Waals surface area contributed by atoms with E-state index in [-0.39, 0.29) is 24.3 Å². The Kier molecular flexibility index (Phi) is 8.17. The zero-order valence-electron chi connectivity index (χ0n) is 19.1. The second-order valence-corrected chi connectivity index (χ2v) is 8.29. The molecule has 0 bridgehead atoms. The fraction of sp³-hybridized carbons (Fsp3) is 0.280. The highest BCUT2D eigenvalue weighted by molar-refractivity contribution is 6.31. The number of nitrogens with one attached hydrogen (secondary N) is 2. The van der Waals surface area contributed by atoms with Crippen molar-refractivity contribution in [3.8, 4) is 0 Å². The van der Waals surface area contributed by atoms with Gasteiger partial charge < -0.3 is 14.8 Å². The normalized spacial score (nSPS) is 11.7. The molecular formula is C25H25ClFN3O4. The van der Waals surface area contributed by atoms with Crippen molar-refractivity contribution in [2.45, 2.75) is 39.2 Å². The predicted molar refractivity (Wildman–Crippen MR) is 129 cm³/mol. The molecule has 0 fully saturated rings. The summed E-state index contributed by atoms with van der Waals surface area (Å²) >= 11 is 6.06. The van der Waals surface area contributed by atoms with Crippen LogP contribution in [0.25, 0.3) is 10.9 Å². The van der Waals surface area contributed by atoms with Gasteiger partial charge in [0.05, 0.1) is 11.4 Å². The molecule has 1 atom stereocenters. The molecule has 1 heterocycles. The largest absolute Gasteiger partial charge is 0.444 e. The molecule has 9 heteroatoms. The van der Waals surface area contributed by atoms with E-state index >= 15 is 0 Å². The standard InChI is InChI=1S/C25H25ClFN3O4/c1-14-6-7-17(11-21(14)26)30-25(33)34-13-16-9-22(27)20-12-19(15(2)29-23(20)10-16)18(5-4-8-31)24(32)28-3/h6-12,18H,4-5,13H2,1-3H3,(H,28,32)(H,30,33). The van der Waals surface area contributed by atoms with Gasteiger partial charge in [0, 0.05) is 35.3 Å². The van der Waals surface area contributed by atoms with Crippen LogP contribution in [0.2, 0.25) is 5.02 Å². The average molecular weight is 486 g/mol. The number of amides is 2. The lowest BCUT2D eigenvalue weighted by Gasteiger charge is -2.18. The summed E-state index contributed by atoms with van der Waals surface area (Å²) in [6, 6.07) is 9.57. The van der Waals surface area contributed by atoms with Crippen LogP contribution in [0.3, 0.4) is 0 Å². The molecule has 0 aliphatic carbocycles. The second-order valence-electron chi connectivity index (χ2n) is 7.88. The van der Waals surface area contributed by atoms with Gasteiger partial charge >= 0.3 is 6.09 Å². The number of hydrogen-bond acceptors (Lipinski definition) is 5. The second kappa shape index (κ2) is 11.1. The molecule has 1 aromatic heterocycles. The van der Waals surface area contributed by atoms with Gasteiger partial charge in [0.2, 0.25) is 5.91 Å². The Balaban J connectivity index is 1.79. The first-order valence-corrected chi connectivity index (χ1v) is 11.1. The Hall–Kier alpha value is -3.52. The summed E-state index contributed by atoms with van der Waals surface area (Å²) in [6.07, 6.45) is 0.538. The smallest absolute Gasteiger partial charge is 0.411 e. The van der Waals surface area contributed by atoms with E-state index in [1.165, 1.54) is 13.1 Å². The summed E-state index contributed by atoms with van der Waals surface area (Å²) in [6.45, 7) is 3.41. The van der Waals surface area contributed by atoms with Gasteiger partial charge in [-0.15, -0.1) is 0 Å². The number of aryl methyl sites for hydroxylation is 2. The number of pyridine rings is 1. The van der Waals surface area contributed by atoms with Crippen molar-refractivity contribution in [1.29, 1.82) is 0 Å². The highest BCUT2D eigenvalue weighted by Gasteiger charge is 2.23. The molecule has 3 rings (SSSR count). The van der Waals surface area contributed by atoms with Crippen LogP contribution in [-0.4, -0.2) is 30.3 Å². The van der Waals surface area contributed by atoms with Gasteiger partial charge in [-0.2, -0.15) is 0 Å². The Labute approximate surface area is 201 Å². The van der Waals surface area contributed by atoms with E-state index in [9.17, 15) is 18.8 Å². The molecule has 178 valence electrons. The quantitative estimate of drug-likeness (QED) is 0.427. The molecule has 0 spiro atoms. The van der Waals surface area contributed by atoms with Crippen LogP contribution in [0, 0.1) is 19.7 Å². The number of aldehydes is 1. The Morgan fingerprint density at radius 2 is 1.97 bits per heavy atom. The zero-order chi connectivity index (χ0) is 24.8. The first-order valence-electron chi connectivity index (χ1n) is 10.7. The van der Waals surface area contributed by atoms with Crippen LogP contribution in [0.4, 0.5) is 14.9 Å². The molecule has 3 aromatic rings. The number of rotatable bonds is 8. The van der Waals surface area contributed by atoms with E-state index in [0.717, 1.165) is 11.8 Å². The molecule has 0 aliphatic heterocycles. The Morgan fingerprint density at radius 3 is 2.65 bits per heavy atom. The van der Waals surface area contributed by atoms with Gasteiger partial charge in [-0.25, -0.2) is 9.18 Å². The van der Waals surface area contributed by atoms with Crippen molar-refractivity contribution in [3.05, 3.63) is 69.6 Å². The first kappa shape index (κ1) is 25.1. The third kappa shape index (κ3) is 5.88. The van der Waals surface area contributed by atoms with Gasteiger partial charge in [0.15, 0.2) is 0 Å². The molecular weight excluding hydrogens is 461 g/mol. The summed E-state index contributed by atoms with van der Waals surface area (Å²) in [4.78, 5) is 39.8. The summed E-state index contributed by atoms with van der Waals surface area (Å²) in [5.41, 5.74) is 3.27. The van der Waals surface area contributed by atoms with E-state index in [0.29, 0.717) is 39.5 Å². The maximum Gasteiger partial charge on any atom is 0.411 e. The molecule has 0 saturated heterocycles. The maximum atomic E-state index is 14.9. The van der Waals surface area contributed by atoms with Crippen molar-refractivity contribution < 1.29 is 23.5 Å². The number of hydrogen-bond donors (Lipinski definition) is 2. The highest BCUT2D eigenvalue weighted by atomic mass is 35.5. The first-order chi connectivity index (χ1) is 16.2. The van der Waals surface area contributed by atoms with Crippen molar-refractivity contribution in [2.24, 2.45) is 0 Å². The fourth-order valence-electron chi connectivity index (χ4n) is 3.64. The van der Waals surface area contributed by atoms with Gasteiger partial charge in [0.25, 0.3) is 0 Å². The lowest BCUT2D eigenvalue weighted by molar-refractivity contribution is -0.122. The van der Waals surface area contributed by atoms with Crippen LogP contribution in [0.5, 0.6) is 0 Å². The van der Waals surface area contributed by atoms with Crippen molar-refractivity contribution in [3.63, 3.8) is 0 Å². The number of benzene rings is 2. The molecule has 1 unspecified atom stereocenters. The highest BCUT2D eigenvalue weighted by Crippen LogP contribution is 2.29. The molecule has 7 nitrogen and oxygen atoms in total. The van der Waals surface area contributed by atoms with E-state index in [1.807, 2.05) is 6.92 Å². The molecule has 2 aromatic carbocycles. The number of halogens is 2. The summed E-state index contributed by atoms with van der Waals surface area (Å²) in [5, 5.41) is 5.91. The minimum Gasteiger partial charge on any atom is -0.444 e. The summed E-state index contributed by atoms with van der Waals surface area (Å²) in [7, 11) is 1.51. The maximum absolute atomic E-state index is 14.9. The number of likely N-dealkylation sites (N-methyl/N-ethyl adjacent to an activating group) is 1. The molecule has 34 heavy (non-hydrogen) atoms. The van der Waals surface area contributed by atoms with Gasteiger partial charge in [-0.3, -0.25) is 15.1 Å². The van der Waals surface area contributed by atoms with Crippen molar-refractivity contribution in [1.82, 2.24) is 10.3 Å². The third-order valence-corrected chi connectivity index (χ3v) is 5.88. The monoisotopic (exact) mass is 485 g/mol. The molecule has 0 radical (unpaired) electrons. The van der Waals surface area contributed by atoms with Gasteiger partial charge in [-0.05, 0) is 67.3 Å². The van der Waals surface area contributed by atoms with E-state index in [4.69, 9.17) is 16.3 Å². The number of fused-ring (bicyclic) bond motifs is 1. The minimum atomic E-state index is -0.705. The predicted octanol–water partition coefficient (Wildman–Crippen LogP) is 5.20. The van der Waals surface area contributed by atoms with Gasteiger partial charge in [-0.1, -0.05) is 17.7 Å². The molecule has 0 aliphatic rings. The topological polar surface area (TPSA) is 97.4 Å². The molecule has 2 amide bonds. The Bertz CT molecular complexity index is 1250. The Morgan fingerprint density at radius 1 is 1.21 bits per heavy atom. The number of anilines is 1. The van der Waals surface area contributed by atoms with Crippen molar-refractivity contribution >= 4 is 46.5 Å². The zero-order valence-corrected chi connectivity index (χ0v) is 19.8. The van der Waals surface area contributed by atoms with Crippen LogP contribution in [-0.2, 0) is 20.9 Å². The van der Waals surface area contributed by atoms with Crippen LogP contribution < -0.4 is 10.6 Å². The average Bonchev–Trinajstić information content (AvgIpc) is 2.80. The third-order valence-electron chi connectivity index (χ3n) is 5.47. The van der Waals surface area contributed by atoms with Crippen LogP contribution in [0.15, 0.2) is 36.4 Å². The number of carbonyl (C=O) groups excluding carboxylic acids is 3. The summed E-state index contributed by atoms with van der Waals surface area (Å²) in [5.74, 6) is -1.44. The van der Waals surface area contributed by atoms with Crippen LogP contribution in [0.1, 0.15) is 41.1 Å². The lowest BCUT2D eigenvalue weighted by atomic mass is 9.91. The minimum absolute atomic E-state index is 0.166.